The standard InChI is InChI=1S/C22H29ClN2O4S/c1-6-17(5)25(22(26)24-15(2)3)14-18-10-8-11-19(13-18)29-30(27,28)21-16(4)9-7-12-20(21)23/h7-13,15,17H,6,14H2,1-5H3,(H,24,26)/t17-/m0/s1. The Kier molecular flexibility index (Phi) is 8.15. The van der Waals surface area contributed by atoms with Gasteiger partial charge in [0.25, 0.3) is 0 Å². The van der Waals surface area contributed by atoms with E-state index in [1.54, 1.807) is 42.2 Å². The lowest BCUT2D eigenvalue weighted by molar-refractivity contribution is 0.171. The number of hydrogen-bond acceptors (Lipinski definition) is 4. The summed E-state index contributed by atoms with van der Waals surface area (Å²) in [5, 5.41) is 3.02. The van der Waals surface area contributed by atoms with Crippen molar-refractivity contribution >= 4 is 27.8 Å². The molecule has 2 amide bonds. The molecule has 6 nitrogen and oxygen atoms in total. The average molecular weight is 453 g/mol. The third kappa shape index (κ3) is 6.12. The molecule has 0 spiro atoms. The molecule has 0 saturated carbocycles. The summed E-state index contributed by atoms with van der Waals surface area (Å²) in [6, 6.07) is 11.5. The number of nitrogens with one attached hydrogen (secondary N) is 1. The number of carbonyl (C=O) groups excluding carboxylic acids is 1. The van der Waals surface area contributed by atoms with Crippen molar-refractivity contribution in [2.24, 2.45) is 0 Å². The van der Waals surface area contributed by atoms with Crippen molar-refractivity contribution in [1.29, 1.82) is 0 Å². The Balaban J connectivity index is 2.27. The van der Waals surface area contributed by atoms with Gasteiger partial charge in [-0.05, 0) is 63.4 Å². The van der Waals surface area contributed by atoms with Gasteiger partial charge in [0.05, 0.1) is 5.02 Å². The highest BCUT2D eigenvalue weighted by atomic mass is 35.5. The van der Waals surface area contributed by atoms with Gasteiger partial charge in [0.1, 0.15) is 10.6 Å². The minimum atomic E-state index is -4.10. The summed E-state index contributed by atoms with van der Waals surface area (Å²) >= 11 is 6.10. The van der Waals surface area contributed by atoms with Crippen molar-refractivity contribution in [3.63, 3.8) is 0 Å². The van der Waals surface area contributed by atoms with Gasteiger partial charge >= 0.3 is 16.1 Å². The Morgan fingerprint density at radius 3 is 2.43 bits per heavy atom. The Hall–Kier alpha value is -2.25. The summed E-state index contributed by atoms with van der Waals surface area (Å²) in [7, 11) is -4.10. The number of rotatable bonds is 8. The molecule has 0 heterocycles. The van der Waals surface area contributed by atoms with E-state index in [1.807, 2.05) is 33.8 Å². The molecule has 0 radical (unpaired) electrons. The van der Waals surface area contributed by atoms with Gasteiger partial charge in [0.15, 0.2) is 0 Å². The zero-order valence-electron chi connectivity index (χ0n) is 18.0. The number of nitrogens with zero attached hydrogens (tertiary/aromatic N) is 1. The summed E-state index contributed by atoms with van der Waals surface area (Å²) in [4.78, 5) is 14.3. The second-order valence-electron chi connectivity index (χ2n) is 7.56. The number of aryl methyl sites for hydroxylation is 1. The second kappa shape index (κ2) is 10.2. The fourth-order valence-corrected chi connectivity index (χ4v) is 4.69. The first-order valence-corrected chi connectivity index (χ1v) is 11.7. The third-order valence-corrected chi connectivity index (χ3v) is 6.55. The highest BCUT2D eigenvalue weighted by Crippen LogP contribution is 2.28. The molecule has 2 aromatic rings. The molecule has 30 heavy (non-hydrogen) atoms. The molecule has 2 rings (SSSR count). The average Bonchev–Trinajstić information content (AvgIpc) is 2.64. The van der Waals surface area contributed by atoms with Crippen molar-refractivity contribution in [1.82, 2.24) is 10.2 Å². The number of hydrogen-bond donors (Lipinski definition) is 1. The maximum atomic E-state index is 12.8. The first-order chi connectivity index (χ1) is 14.0. The van der Waals surface area contributed by atoms with Crippen LogP contribution < -0.4 is 9.50 Å². The minimum absolute atomic E-state index is 0.0164. The van der Waals surface area contributed by atoms with Crippen molar-refractivity contribution in [3.8, 4) is 5.75 Å². The zero-order chi connectivity index (χ0) is 22.5. The summed E-state index contributed by atoms with van der Waals surface area (Å²) in [5.74, 6) is 0.167. The van der Waals surface area contributed by atoms with E-state index in [0.29, 0.717) is 12.1 Å². The molecular weight excluding hydrogens is 424 g/mol. The summed E-state index contributed by atoms with van der Waals surface area (Å²) in [6.07, 6.45) is 0.794. The van der Waals surface area contributed by atoms with Gasteiger partial charge in [-0.1, -0.05) is 42.8 Å². The molecule has 164 valence electrons. The van der Waals surface area contributed by atoms with Crippen LogP contribution in [0, 0.1) is 6.92 Å². The summed E-state index contributed by atoms with van der Waals surface area (Å²) in [5.41, 5.74) is 1.27. The van der Waals surface area contributed by atoms with E-state index >= 15 is 0 Å². The molecule has 0 aliphatic heterocycles. The number of halogens is 1. The molecule has 1 atom stereocenters. The molecule has 0 fully saturated rings. The van der Waals surface area contributed by atoms with E-state index in [2.05, 4.69) is 5.32 Å². The molecule has 8 heteroatoms. The van der Waals surface area contributed by atoms with Gasteiger partial charge in [0, 0.05) is 18.6 Å². The number of carbonyl (C=O) groups is 1. The molecule has 2 aromatic carbocycles. The van der Waals surface area contributed by atoms with E-state index < -0.39 is 10.1 Å². The van der Waals surface area contributed by atoms with E-state index in [4.69, 9.17) is 15.8 Å². The van der Waals surface area contributed by atoms with Crippen LogP contribution in [0.3, 0.4) is 0 Å². The van der Waals surface area contributed by atoms with Crippen LogP contribution in [0.2, 0.25) is 5.02 Å². The topological polar surface area (TPSA) is 75.7 Å². The first kappa shape index (κ1) is 24.0. The lowest BCUT2D eigenvalue weighted by Crippen LogP contribution is -2.46. The first-order valence-electron chi connectivity index (χ1n) is 9.90. The SMILES string of the molecule is CC[C@H](C)N(Cc1cccc(OS(=O)(=O)c2c(C)cccc2Cl)c1)C(=O)NC(C)C. The van der Waals surface area contributed by atoms with Gasteiger partial charge in [-0.25, -0.2) is 4.79 Å². The quantitative estimate of drug-likeness (QED) is 0.563. The smallest absolute Gasteiger partial charge is 0.340 e. The largest absolute Gasteiger partial charge is 0.379 e. The van der Waals surface area contributed by atoms with Crippen molar-refractivity contribution < 1.29 is 17.4 Å². The van der Waals surface area contributed by atoms with Crippen molar-refractivity contribution in [3.05, 3.63) is 58.6 Å². The van der Waals surface area contributed by atoms with Crippen molar-refractivity contribution in [2.75, 3.05) is 0 Å². The lowest BCUT2D eigenvalue weighted by Gasteiger charge is -2.30. The van der Waals surface area contributed by atoms with Crippen molar-refractivity contribution in [2.45, 2.75) is 64.6 Å². The van der Waals surface area contributed by atoms with Crippen LogP contribution in [-0.4, -0.2) is 31.4 Å². The Bertz CT molecular complexity index is 972. The normalized spacial score (nSPS) is 12.5. The Morgan fingerprint density at radius 1 is 1.17 bits per heavy atom. The van der Waals surface area contributed by atoms with Crippen LogP contribution in [0.4, 0.5) is 4.79 Å². The maximum absolute atomic E-state index is 12.8. The molecule has 0 aliphatic rings. The minimum Gasteiger partial charge on any atom is -0.379 e. The van der Waals surface area contributed by atoms with Crippen LogP contribution in [0.25, 0.3) is 0 Å². The maximum Gasteiger partial charge on any atom is 0.340 e. The van der Waals surface area contributed by atoms with Gasteiger partial charge in [0.2, 0.25) is 0 Å². The fourth-order valence-electron chi connectivity index (χ4n) is 2.97. The third-order valence-electron chi connectivity index (χ3n) is 4.67. The van der Waals surface area contributed by atoms with Crippen LogP contribution in [0.15, 0.2) is 47.4 Å². The van der Waals surface area contributed by atoms with Crippen LogP contribution in [-0.2, 0) is 16.7 Å². The number of urea groups is 1. The molecule has 0 bridgehead atoms. The van der Waals surface area contributed by atoms with Crippen LogP contribution >= 0.6 is 11.6 Å². The van der Waals surface area contributed by atoms with Gasteiger partial charge in [-0.3, -0.25) is 0 Å². The molecule has 0 unspecified atom stereocenters. The van der Waals surface area contributed by atoms with Gasteiger partial charge < -0.3 is 14.4 Å². The number of amides is 2. The highest BCUT2D eigenvalue weighted by Gasteiger charge is 2.24. The number of benzene rings is 2. The second-order valence-corrected chi connectivity index (χ2v) is 9.45. The Labute approximate surface area is 184 Å². The van der Waals surface area contributed by atoms with Gasteiger partial charge in [-0.15, -0.1) is 0 Å². The molecule has 0 aromatic heterocycles. The summed E-state index contributed by atoms with van der Waals surface area (Å²) < 4.78 is 30.9. The molecule has 0 aliphatic carbocycles. The fraction of sp³-hybridized carbons (Fsp3) is 0.409. The van der Waals surface area contributed by atoms with Crippen LogP contribution in [0.5, 0.6) is 5.75 Å². The predicted octanol–water partition coefficient (Wildman–Crippen LogP) is 5.13. The van der Waals surface area contributed by atoms with E-state index in [1.165, 1.54) is 6.07 Å². The van der Waals surface area contributed by atoms with E-state index in [-0.39, 0.29) is 33.8 Å². The highest BCUT2D eigenvalue weighted by molar-refractivity contribution is 7.87. The zero-order valence-corrected chi connectivity index (χ0v) is 19.5. The van der Waals surface area contributed by atoms with E-state index in [9.17, 15) is 13.2 Å². The molecule has 1 N–H and O–H groups in total. The molecular formula is C22H29ClN2O4S. The molecule has 0 saturated heterocycles. The van der Waals surface area contributed by atoms with Gasteiger partial charge in [-0.2, -0.15) is 8.42 Å². The van der Waals surface area contributed by atoms with E-state index in [0.717, 1.165) is 12.0 Å². The lowest BCUT2D eigenvalue weighted by atomic mass is 10.1. The Morgan fingerprint density at radius 2 is 1.83 bits per heavy atom. The summed E-state index contributed by atoms with van der Waals surface area (Å²) in [6.45, 7) is 9.79. The monoisotopic (exact) mass is 452 g/mol. The van der Waals surface area contributed by atoms with Crippen LogP contribution in [0.1, 0.15) is 45.2 Å². The predicted molar refractivity (Wildman–Crippen MR) is 119 cm³/mol.